The van der Waals surface area contributed by atoms with E-state index in [9.17, 15) is 9.59 Å². The molecular formula is C16H13I2NO3. The van der Waals surface area contributed by atoms with E-state index in [2.05, 4.69) is 50.5 Å². The molecule has 0 fully saturated rings. The molecule has 22 heavy (non-hydrogen) atoms. The van der Waals surface area contributed by atoms with E-state index in [1.165, 1.54) is 6.92 Å². The van der Waals surface area contributed by atoms with Crippen LogP contribution >= 0.6 is 45.2 Å². The highest BCUT2D eigenvalue weighted by atomic mass is 127. The molecule has 1 amide bonds. The first kappa shape index (κ1) is 17.2. The van der Waals surface area contributed by atoms with Crippen molar-refractivity contribution >= 4 is 62.7 Å². The van der Waals surface area contributed by atoms with Gasteiger partial charge in [-0.1, -0.05) is 12.1 Å². The zero-order valence-corrected chi connectivity index (χ0v) is 16.3. The summed E-state index contributed by atoms with van der Waals surface area (Å²) in [6.45, 7) is 3.27. The van der Waals surface area contributed by atoms with E-state index in [4.69, 9.17) is 4.74 Å². The van der Waals surface area contributed by atoms with Crippen LogP contribution in [0.5, 0.6) is 5.75 Å². The van der Waals surface area contributed by atoms with E-state index in [0.29, 0.717) is 20.6 Å². The van der Waals surface area contributed by atoms with Gasteiger partial charge in [-0.2, -0.15) is 0 Å². The largest absolute Gasteiger partial charge is 0.425 e. The van der Waals surface area contributed by atoms with Crippen LogP contribution < -0.4 is 10.1 Å². The van der Waals surface area contributed by atoms with Gasteiger partial charge in [0, 0.05) is 16.2 Å². The number of ether oxygens (including phenoxy) is 1. The maximum atomic E-state index is 12.5. The fraction of sp³-hybridized carbons (Fsp3) is 0.125. The third-order valence-electron chi connectivity index (χ3n) is 2.77. The minimum absolute atomic E-state index is 0.290. The summed E-state index contributed by atoms with van der Waals surface area (Å²) in [5.74, 6) is -0.472. The molecule has 6 heteroatoms. The lowest BCUT2D eigenvalue weighted by atomic mass is 10.1. The van der Waals surface area contributed by atoms with Crippen LogP contribution in [0.25, 0.3) is 0 Å². The third-order valence-corrected chi connectivity index (χ3v) is 4.20. The number of esters is 1. The van der Waals surface area contributed by atoms with Crippen LogP contribution in [0.4, 0.5) is 5.69 Å². The quantitative estimate of drug-likeness (QED) is 0.371. The number of nitrogens with one attached hydrogen (secondary N) is 1. The van der Waals surface area contributed by atoms with Gasteiger partial charge in [0.25, 0.3) is 5.91 Å². The van der Waals surface area contributed by atoms with Crippen molar-refractivity contribution < 1.29 is 14.3 Å². The molecule has 2 rings (SSSR count). The second-order valence-corrected chi connectivity index (χ2v) is 7.09. The Morgan fingerprint density at radius 2 is 1.86 bits per heavy atom. The average molecular weight is 521 g/mol. The smallest absolute Gasteiger partial charge is 0.308 e. The highest BCUT2D eigenvalue weighted by Crippen LogP contribution is 2.29. The molecule has 0 bridgehead atoms. The Bertz CT molecular complexity index is 744. The molecule has 0 saturated heterocycles. The van der Waals surface area contributed by atoms with Crippen LogP contribution in [-0.2, 0) is 4.79 Å². The lowest BCUT2D eigenvalue weighted by Gasteiger charge is -2.12. The molecule has 0 aliphatic carbocycles. The topological polar surface area (TPSA) is 55.4 Å². The molecule has 4 nitrogen and oxygen atoms in total. The highest BCUT2D eigenvalue weighted by molar-refractivity contribution is 14.1. The summed E-state index contributed by atoms with van der Waals surface area (Å²) in [6.07, 6.45) is 0. The molecule has 0 aliphatic rings. The number of halogens is 2. The van der Waals surface area contributed by atoms with Gasteiger partial charge in [0.05, 0.1) is 9.13 Å². The van der Waals surface area contributed by atoms with Gasteiger partial charge in [-0.3, -0.25) is 9.59 Å². The minimum atomic E-state index is -0.455. The zero-order valence-electron chi connectivity index (χ0n) is 11.9. The molecular weight excluding hydrogens is 508 g/mol. The number of anilines is 1. The van der Waals surface area contributed by atoms with Crippen molar-refractivity contribution in [3.05, 3.63) is 54.7 Å². The lowest BCUT2D eigenvalue weighted by Crippen LogP contribution is -2.16. The van der Waals surface area contributed by atoms with E-state index in [1.807, 2.05) is 37.3 Å². The summed E-state index contributed by atoms with van der Waals surface area (Å²) in [7, 11) is 0. The van der Waals surface area contributed by atoms with Crippen LogP contribution in [0.2, 0.25) is 0 Å². The standard InChI is InChI=1S/C16H13I2NO3/c1-9-4-3-5-12(6-9)19-16(21)13-7-11(17)8-14(18)15(13)22-10(2)20/h3-8H,1-2H3,(H,19,21). The molecule has 1 N–H and O–H groups in total. The average Bonchev–Trinajstić information content (AvgIpc) is 2.41. The van der Waals surface area contributed by atoms with Crippen molar-refractivity contribution in [3.63, 3.8) is 0 Å². The first-order valence-electron chi connectivity index (χ1n) is 6.42. The fourth-order valence-corrected chi connectivity index (χ4v) is 3.85. The first-order chi connectivity index (χ1) is 10.4. The Hall–Kier alpha value is -1.16. The van der Waals surface area contributed by atoms with Gasteiger partial charge in [0.15, 0.2) is 5.75 Å². The SMILES string of the molecule is CC(=O)Oc1c(I)cc(I)cc1C(=O)Nc1cccc(C)c1. The Labute approximate surface area is 155 Å². The monoisotopic (exact) mass is 521 g/mol. The van der Waals surface area contributed by atoms with Crippen LogP contribution in [0.15, 0.2) is 36.4 Å². The summed E-state index contributed by atoms with van der Waals surface area (Å²) in [4.78, 5) is 23.8. The van der Waals surface area contributed by atoms with Crippen molar-refractivity contribution in [1.82, 2.24) is 0 Å². The van der Waals surface area contributed by atoms with E-state index in [1.54, 1.807) is 6.07 Å². The van der Waals surface area contributed by atoms with Gasteiger partial charge in [-0.25, -0.2) is 0 Å². The van der Waals surface area contributed by atoms with Crippen molar-refractivity contribution in [2.45, 2.75) is 13.8 Å². The number of carbonyl (C=O) groups excluding carboxylic acids is 2. The molecule has 0 atom stereocenters. The van der Waals surface area contributed by atoms with Crippen LogP contribution in [0, 0.1) is 14.1 Å². The number of benzene rings is 2. The van der Waals surface area contributed by atoms with Gasteiger partial charge in [-0.05, 0) is 81.9 Å². The second kappa shape index (κ2) is 7.40. The number of rotatable bonds is 3. The van der Waals surface area contributed by atoms with E-state index in [-0.39, 0.29) is 5.91 Å². The Morgan fingerprint density at radius 3 is 2.50 bits per heavy atom. The molecule has 0 heterocycles. The Balaban J connectivity index is 2.37. The first-order valence-corrected chi connectivity index (χ1v) is 8.58. The molecule has 0 saturated carbocycles. The zero-order chi connectivity index (χ0) is 16.3. The predicted molar refractivity (Wildman–Crippen MR) is 102 cm³/mol. The number of amides is 1. The van der Waals surface area contributed by atoms with Gasteiger partial charge in [0.2, 0.25) is 0 Å². The number of carbonyl (C=O) groups is 2. The molecule has 2 aromatic carbocycles. The van der Waals surface area contributed by atoms with Gasteiger partial charge >= 0.3 is 5.97 Å². The number of hydrogen-bond donors (Lipinski definition) is 1. The van der Waals surface area contributed by atoms with Crippen LogP contribution in [0.3, 0.4) is 0 Å². The summed E-state index contributed by atoms with van der Waals surface area (Å²) < 4.78 is 6.82. The molecule has 0 spiro atoms. The summed E-state index contributed by atoms with van der Waals surface area (Å²) >= 11 is 4.18. The van der Waals surface area contributed by atoms with Crippen LogP contribution in [0.1, 0.15) is 22.8 Å². The van der Waals surface area contributed by atoms with Crippen molar-refractivity contribution in [2.24, 2.45) is 0 Å². The fourth-order valence-electron chi connectivity index (χ4n) is 1.90. The van der Waals surface area contributed by atoms with Crippen molar-refractivity contribution in [2.75, 3.05) is 5.32 Å². The van der Waals surface area contributed by atoms with Crippen molar-refractivity contribution in [1.29, 1.82) is 0 Å². The van der Waals surface area contributed by atoms with Gasteiger partial charge in [-0.15, -0.1) is 0 Å². The maximum absolute atomic E-state index is 12.5. The van der Waals surface area contributed by atoms with E-state index in [0.717, 1.165) is 9.13 Å². The second-order valence-electron chi connectivity index (χ2n) is 4.68. The molecule has 0 radical (unpaired) electrons. The Morgan fingerprint density at radius 1 is 1.14 bits per heavy atom. The normalized spacial score (nSPS) is 10.2. The van der Waals surface area contributed by atoms with Crippen molar-refractivity contribution in [3.8, 4) is 5.75 Å². The molecule has 114 valence electrons. The number of aryl methyl sites for hydroxylation is 1. The van der Waals surface area contributed by atoms with Gasteiger partial charge < -0.3 is 10.1 Å². The van der Waals surface area contributed by atoms with E-state index < -0.39 is 5.97 Å². The molecule has 0 unspecified atom stereocenters. The summed E-state index contributed by atoms with van der Waals surface area (Å²) in [6, 6.07) is 11.1. The van der Waals surface area contributed by atoms with Crippen LogP contribution in [-0.4, -0.2) is 11.9 Å². The minimum Gasteiger partial charge on any atom is -0.425 e. The third kappa shape index (κ3) is 4.42. The molecule has 2 aromatic rings. The maximum Gasteiger partial charge on any atom is 0.308 e. The van der Waals surface area contributed by atoms with Gasteiger partial charge in [0.1, 0.15) is 0 Å². The molecule has 0 aliphatic heterocycles. The predicted octanol–water partition coefficient (Wildman–Crippen LogP) is 4.38. The summed E-state index contributed by atoms with van der Waals surface area (Å²) in [5, 5.41) is 2.83. The number of hydrogen-bond acceptors (Lipinski definition) is 3. The van der Waals surface area contributed by atoms with E-state index >= 15 is 0 Å². The summed E-state index contributed by atoms with van der Waals surface area (Å²) in [5.41, 5.74) is 2.09. The molecule has 0 aromatic heterocycles. The lowest BCUT2D eigenvalue weighted by molar-refractivity contribution is -0.131. The Kier molecular flexibility index (Phi) is 5.79. The highest BCUT2D eigenvalue weighted by Gasteiger charge is 2.18.